The number of hydrogen-bond acceptors (Lipinski definition) is 0. The van der Waals surface area contributed by atoms with Crippen LogP contribution in [0.3, 0.4) is 0 Å². The monoisotopic (exact) mass is 170 g/mol. The maximum atomic E-state index is 12.4. The predicted molar refractivity (Wildman–Crippen MR) is 47.0 cm³/mol. The molecule has 1 aliphatic rings. The van der Waals surface area contributed by atoms with Gasteiger partial charge < -0.3 is 0 Å². The van der Waals surface area contributed by atoms with Crippen LogP contribution in [-0.2, 0) is 0 Å². The van der Waals surface area contributed by atoms with E-state index in [-0.39, 0.29) is 0 Å². The fraction of sp³-hybridized carbons (Fsp3) is 0.300. The summed E-state index contributed by atoms with van der Waals surface area (Å²) in [5.74, 6) is -1.01. The lowest BCUT2D eigenvalue weighted by Gasteiger charge is -1.85. The Hall–Kier alpha value is -1.14. The zero-order valence-electron chi connectivity index (χ0n) is 7.49. The first-order chi connectivity index (χ1) is 5.68. The van der Waals surface area contributed by atoms with Crippen molar-refractivity contribution in [3.05, 3.63) is 41.2 Å². The van der Waals surface area contributed by atoms with Crippen molar-refractivity contribution in [3.63, 3.8) is 0 Å². The van der Waals surface area contributed by atoms with E-state index in [1.807, 2.05) is 13.8 Å². The van der Waals surface area contributed by atoms with Crippen LogP contribution in [0.5, 0.6) is 0 Å². The smallest absolute Gasteiger partial charge is 0.165 e. The Morgan fingerprint density at radius 1 is 1.17 bits per heavy atom. The van der Waals surface area contributed by atoms with Crippen molar-refractivity contribution < 1.29 is 8.78 Å². The minimum Gasteiger partial charge on any atom is -0.206 e. The predicted octanol–water partition coefficient (Wildman–Crippen LogP) is 3.83. The highest BCUT2D eigenvalue weighted by Gasteiger charge is 1.95. The molecule has 1 aliphatic carbocycles. The standard InChI is InChI=1S/C8H6F2.C2H6/c1-6-4-7(9)2-3-8(10)5-6;1-2/h2,4-5H,1H3;1-2H3. The summed E-state index contributed by atoms with van der Waals surface area (Å²) in [7, 11) is 0. The minimum absolute atomic E-state index is 0.471. The van der Waals surface area contributed by atoms with E-state index in [1.54, 1.807) is 6.92 Å². The average Bonchev–Trinajstić information content (AvgIpc) is 2.16. The summed E-state index contributed by atoms with van der Waals surface area (Å²) in [6.07, 6.45) is 3.45. The molecular formula is C10H12F2. The SMILES string of the molecule is CC.CC1=CC(F)=C=CC(F)=C1. The average molecular weight is 170 g/mol. The van der Waals surface area contributed by atoms with Crippen LogP contribution in [-0.4, -0.2) is 0 Å². The van der Waals surface area contributed by atoms with E-state index in [2.05, 4.69) is 5.73 Å². The Kier molecular flexibility index (Phi) is 4.98. The molecule has 0 aromatic rings. The molecule has 0 aliphatic heterocycles. The lowest BCUT2D eigenvalue weighted by molar-refractivity contribution is 0.662. The summed E-state index contributed by atoms with van der Waals surface area (Å²) in [5.41, 5.74) is 2.68. The van der Waals surface area contributed by atoms with Crippen LogP contribution >= 0.6 is 0 Å². The highest BCUT2D eigenvalue weighted by molar-refractivity contribution is 5.33. The van der Waals surface area contributed by atoms with Gasteiger partial charge in [-0.05, 0) is 24.6 Å². The maximum absolute atomic E-state index is 12.4. The molecular weight excluding hydrogens is 158 g/mol. The van der Waals surface area contributed by atoms with Crippen molar-refractivity contribution in [3.8, 4) is 0 Å². The second kappa shape index (κ2) is 5.50. The van der Waals surface area contributed by atoms with E-state index < -0.39 is 11.7 Å². The topological polar surface area (TPSA) is 0 Å². The Labute approximate surface area is 71.6 Å². The largest absolute Gasteiger partial charge is 0.206 e. The normalized spacial score (nSPS) is 14.9. The molecule has 0 unspecified atom stereocenters. The lowest BCUT2D eigenvalue weighted by atomic mass is 10.2. The summed E-state index contributed by atoms with van der Waals surface area (Å²) in [6, 6.07) is 0. The Balaban J connectivity index is 0.000000561. The molecule has 0 N–H and O–H groups in total. The van der Waals surface area contributed by atoms with Crippen molar-refractivity contribution in [1.82, 2.24) is 0 Å². The molecule has 0 aromatic carbocycles. The molecule has 0 aromatic heterocycles. The van der Waals surface area contributed by atoms with Gasteiger partial charge in [-0.2, -0.15) is 4.39 Å². The first-order valence-corrected chi connectivity index (χ1v) is 3.86. The molecule has 0 radical (unpaired) electrons. The quantitative estimate of drug-likeness (QED) is 0.484. The molecule has 0 saturated carbocycles. The van der Waals surface area contributed by atoms with Crippen molar-refractivity contribution in [1.29, 1.82) is 0 Å². The van der Waals surface area contributed by atoms with Crippen LogP contribution in [0, 0.1) is 0 Å². The van der Waals surface area contributed by atoms with Gasteiger partial charge >= 0.3 is 0 Å². The summed E-state index contributed by atoms with van der Waals surface area (Å²) in [4.78, 5) is 0. The lowest BCUT2D eigenvalue weighted by Crippen LogP contribution is -1.68. The van der Waals surface area contributed by atoms with Gasteiger partial charge in [0.15, 0.2) is 5.83 Å². The van der Waals surface area contributed by atoms with Gasteiger partial charge in [0.1, 0.15) is 5.83 Å². The molecule has 0 atom stereocenters. The third-order valence-electron chi connectivity index (χ3n) is 1.07. The van der Waals surface area contributed by atoms with Gasteiger partial charge in [-0.15, -0.1) is 0 Å². The first-order valence-electron chi connectivity index (χ1n) is 3.86. The van der Waals surface area contributed by atoms with Gasteiger partial charge in [0, 0.05) is 6.08 Å². The molecule has 0 saturated heterocycles. The van der Waals surface area contributed by atoms with E-state index in [9.17, 15) is 8.78 Å². The number of hydrogen-bond donors (Lipinski definition) is 0. The second-order valence-electron chi connectivity index (χ2n) is 2.05. The van der Waals surface area contributed by atoms with Crippen molar-refractivity contribution in [2.24, 2.45) is 0 Å². The summed E-state index contributed by atoms with van der Waals surface area (Å²) in [6.45, 7) is 5.62. The molecule has 1 rings (SSSR count). The van der Waals surface area contributed by atoms with Crippen LogP contribution < -0.4 is 0 Å². The molecule has 0 nitrogen and oxygen atoms in total. The first kappa shape index (κ1) is 10.9. The number of allylic oxidation sites excluding steroid dienone is 5. The van der Waals surface area contributed by atoms with Crippen LogP contribution in [0.1, 0.15) is 20.8 Å². The van der Waals surface area contributed by atoms with Crippen LogP contribution in [0.25, 0.3) is 0 Å². The van der Waals surface area contributed by atoms with E-state index in [1.165, 1.54) is 12.2 Å². The molecule has 0 bridgehead atoms. The van der Waals surface area contributed by atoms with Crippen LogP contribution in [0.15, 0.2) is 41.2 Å². The number of rotatable bonds is 0. The minimum atomic E-state index is -0.540. The molecule has 66 valence electrons. The second-order valence-corrected chi connectivity index (χ2v) is 2.05. The molecule has 2 heteroatoms. The highest BCUT2D eigenvalue weighted by Crippen LogP contribution is 2.12. The zero-order valence-corrected chi connectivity index (χ0v) is 7.49. The van der Waals surface area contributed by atoms with Crippen molar-refractivity contribution in [2.45, 2.75) is 20.8 Å². The molecule has 12 heavy (non-hydrogen) atoms. The van der Waals surface area contributed by atoms with Gasteiger partial charge in [0.05, 0.1) is 0 Å². The van der Waals surface area contributed by atoms with E-state index in [0.717, 1.165) is 6.08 Å². The summed E-state index contributed by atoms with van der Waals surface area (Å²) in [5, 5.41) is 0. The van der Waals surface area contributed by atoms with Crippen molar-refractivity contribution in [2.75, 3.05) is 0 Å². The molecule has 0 amide bonds. The van der Waals surface area contributed by atoms with Crippen LogP contribution in [0.2, 0.25) is 0 Å². The van der Waals surface area contributed by atoms with E-state index in [4.69, 9.17) is 0 Å². The molecule has 0 heterocycles. The Morgan fingerprint density at radius 2 is 1.75 bits per heavy atom. The van der Waals surface area contributed by atoms with Crippen molar-refractivity contribution >= 4 is 0 Å². The zero-order chi connectivity index (χ0) is 9.56. The molecule has 0 spiro atoms. The van der Waals surface area contributed by atoms with Gasteiger partial charge in [-0.1, -0.05) is 19.6 Å². The highest BCUT2D eigenvalue weighted by atomic mass is 19.1. The summed E-state index contributed by atoms with van der Waals surface area (Å²) < 4.78 is 24.8. The third-order valence-corrected chi connectivity index (χ3v) is 1.07. The fourth-order valence-corrected chi connectivity index (χ4v) is 0.680. The Morgan fingerprint density at radius 3 is 2.33 bits per heavy atom. The molecule has 0 fully saturated rings. The van der Waals surface area contributed by atoms with Gasteiger partial charge in [0.2, 0.25) is 0 Å². The maximum Gasteiger partial charge on any atom is 0.165 e. The summed E-state index contributed by atoms with van der Waals surface area (Å²) >= 11 is 0. The van der Waals surface area contributed by atoms with Gasteiger partial charge in [0.25, 0.3) is 0 Å². The number of halogens is 2. The van der Waals surface area contributed by atoms with E-state index in [0.29, 0.717) is 5.57 Å². The third kappa shape index (κ3) is 3.89. The van der Waals surface area contributed by atoms with E-state index >= 15 is 0 Å². The van der Waals surface area contributed by atoms with Crippen LogP contribution in [0.4, 0.5) is 8.78 Å². The van der Waals surface area contributed by atoms with Gasteiger partial charge in [-0.3, -0.25) is 0 Å². The fourth-order valence-electron chi connectivity index (χ4n) is 0.680. The van der Waals surface area contributed by atoms with Gasteiger partial charge in [-0.25, -0.2) is 4.39 Å². The Bertz CT molecular complexity index is 264.